The van der Waals surface area contributed by atoms with Gasteiger partial charge in [-0.05, 0) is 76.1 Å². The summed E-state index contributed by atoms with van der Waals surface area (Å²) in [4.78, 5) is 55.7. The number of hydrogen-bond donors (Lipinski definition) is 2. The second-order valence-corrected chi connectivity index (χ2v) is 15.9. The van der Waals surface area contributed by atoms with Gasteiger partial charge in [-0.3, -0.25) is 38.2 Å². The number of anilines is 2. The summed E-state index contributed by atoms with van der Waals surface area (Å²) < 4.78 is 52.2. The minimum atomic E-state index is -4.73. The Morgan fingerprint density at radius 1 is 1.00 bits per heavy atom. The standard InChI is InChI=1S/C40H47F3N10O5/c1-48(25-14-16-51(17-15-25)30-6-5-7-31-36(30)50(3)39(57)53(31)32-12-13-34(54)45-37(32)55)20-23-8-10-26(11-9-23)52-21-24-18-29(33(58-4)19-28(24)46-52)44-38(56)35-27(40(41,42)43)22-49(2)47-35/h5-7,18-19,21-23,25-26,32H,8-17,20H2,1-4H3,(H,44,56)(H,45,54,55). The molecule has 0 spiro atoms. The smallest absolute Gasteiger partial charge is 0.420 e. The lowest BCUT2D eigenvalue weighted by Gasteiger charge is -2.40. The number of piperidine rings is 2. The number of para-hydroxylation sites is 1. The van der Waals surface area contributed by atoms with Crippen LogP contribution in [-0.4, -0.2) is 91.2 Å². The maximum atomic E-state index is 13.6. The fourth-order valence-corrected chi connectivity index (χ4v) is 9.17. The van der Waals surface area contributed by atoms with E-state index in [2.05, 4.69) is 32.6 Å². The van der Waals surface area contributed by atoms with Crippen molar-refractivity contribution in [1.82, 2.24) is 38.9 Å². The van der Waals surface area contributed by atoms with Gasteiger partial charge in [-0.15, -0.1) is 0 Å². The number of halogens is 3. The van der Waals surface area contributed by atoms with Gasteiger partial charge in [0.1, 0.15) is 17.4 Å². The highest BCUT2D eigenvalue weighted by molar-refractivity contribution is 6.06. The quantitative estimate of drug-likeness (QED) is 0.196. The third-order valence-electron chi connectivity index (χ3n) is 12.2. The summed E-state index contributed by atoms with van der Waals surface area (Å²) >= 11 is 0. The number of nitrogens with zero attached hydrogens (tertiary/aromatic N) is 8. The van der Waals surface area contributed by atoms with Crippen molar-refractivity contribution in [3.05, 3.63) is 64.5 Å². The predicted molar refractivity (Wildman–Crippen MR) is 210 cm³/mol. The molecular weight excluding hydrogens is 757 g/mol. The van der Waals surface area contributed by atoms with Gasteiger partial charge in [0.25, 0.3) is 5.91 Å². The number of aromatic nitrogens is 6. The molecular formula is C40H47F3N10O5. The van der Waals surface area contributed by atoms with Gasteiger partial charge >= 0.3 is 11.9 Å². The molecule has 18 heteroatoms. The highest BCUT2D eigenvalue weighted by Crippen LogP contribution is 2.38. The van der Waals surface area contributed by atoms with E-state index in [0.717, 1.165) is 85.6 Å². The van der Waals surface area contributed by atoms with Crippen molar-refractivity contribution in [3.63, 3.8) is 0 Å². The Morgan fingerprint density at radius 2 is 1.74 bits per heavy atom. The molecule has 1 atom stereocenters. The van der Waals surface area contributed by atoms with Crippen molar-refractivity contribution in [2.24, 2.45) is 20.0 Å². The first-order chi connectivity index (χ1) is 27.7. The van der Waals surface area contributed by atoms with Crippen LogP contribution in [0, 0.1) is 5.92 Å². The monoisotopic (exact) mass is 804 g/mol. The number of carbonyl (C=O) groups excluding carboxylic acids is 3. The van der Waals surface area contributed by atoms with Crippen molar-refractivity contribution in [2.75, 3.05) is 44.0 Å². The zero-order valence-corrected chi connectivity index (χ0v) is 32.9. The number of hydrogen-bond acceptors (Lipinski definition) is 9. The molecule has 3 aromatic heterocycles. The maximum Gasteiger partial charge on any atom is 0.420 e. The number of rotatable bonds is 9. The van der Waals surface area contributed by atoms with Crippen LogP contribution in [0.3, 0.4) is 0 Å². The average molecular weight is 805 g/mol. The molecule has 2 aromatic carbocycles. The molecule has 1 unspecified atom stereocenters. The Labute approximate surface area is 331 Å². The molecule has 3 amide bonds. The van der Waals surface area contributed by atoms with E-state index in [1.165, 1.54) is 18.7 Å². The molecule has 2 aliphatic heterocycles. The van der Waals surface area contributed by atoms with Crippen molar-refractivity contribution in [1.29, 1.82) is 0 Å². The van der Waals surface area contributed by atoms with Crippen LogP contribution in [0.25, 0.3) is 21.9 Å². The molecule has 2 N–H and O–H groups in total. The first-order valence-corrected chi connectivity index (χ1v) is 19.7. The lowest BCUT2D eigenvalue weighted by atomic mass is 9.85. The van der Waals surface area contributed by atoms with Crippen LogP contribution in [0.1, 0.15) is 79.5 Å². The first-order valence-electron chi connectivity index (χ1n) is 19.7. The molecule has 0 bridgehead atoms. The highest BCUT2D eigenvalue weighted by atomic mass is 19.4. The van der Waals surface area contributed by atoms with Crippen molar-refractivity contribution >= 4 is 51.0 Å². The average Bonchev–Trinajstić information content (AvgIpc) is 3.88. The number of nitrogens with one attached hydrogen (secondary N) is 2. The summed E-state index contributed by atoms with van der Waals surface area (Å²) in [5.74, 6) is -0.933. The van der Waals surface area contributed by atoms with Gasteiger partial charge in [-0.1, -0.05) is 6.07 Å². The largest absolute Gasteiger partial charge is 0.494 e. The Bertz CT molecular complexity index is 2450. The molecule has 3 fully saturated rings. The molecule has 8 rings (SSSR count). The number of amides is 3. The van der Waals surface area contributed by atoms with Gasteiger partial charge < -0.3 is 19.9 Å². The Morgan fingerprint density at radius 3 is 2.43 bits per heavy atom. The van der Waals surface area contributed by atoms with E-state index < -0.39 is 35.3 Å². The van der Waals surface area contributed by atoms with Crippen LogP contribution in [0.4, 0.5) is 24.5 Å². The normalized spacial score (nSPS) is 21.0. The summed E-state index contributed by atoms with van der Waals surface area (Å²) in [5.41, 5.74) is 1.23. The van der Waals surface area contributed by atoms with Crippen molar-refractivity contribution in [3.8, 4) is 5.75 Å². The Balaban J connectivity index is 0.871. The van der Waals surface area contributed by atoms with Crippen LogP contribution in [0.2, 0.25) is 0 Å². The van der Waals surface area contributed by atoms with E-state index in [1.54, 1.807) is 23.7 Å². The van der Waals surface area contributed by atoms with E-state index in [-0.39, 0.29) is 35.5 Å². The van der Waals surface area contributed by atoms with Gasteiger partial charge in [0.15, 0.2) is 5.69 Å². The molecule has 1 aliphatic carbocycles. The topological polar surface area (TPSA) is 154 Å². The minimum Gasteiger partial charge on any atom is -0.494 e. The molecule has 58 heavy (non-hydrogen) atoms. The molecule has 308 valence electrons. The maximum absolute atomic E-state index is 13.6. The third kappa shape index (κ3) is 7.33. The summed E-state index contributed by atoms with van der Waals surface area (Å²) in [6, 6.07) is 9.06. The summed E-state index contributed by atoms with van der Waals surface area (Å²) in [7, 11) is 6.70. The number of alkyl halides is 3. The number of fused-ring (bicyclic) bond motifs is 2. The lowest BCUT2D eigenvalue weighted by molar-refractivity contribution is -0.138. The molecule has 0 radical (unpaired) electrons. The molecule has 2 saturated heterocycles. The lowest BCUT2D eigenvalue weighted by Crippen LogP contribution is -2.45. The van der Waals surface area contributed by atoms with Crippen LogP contribution < -0.4 is 26.0 Å². The summed E-state index contributed by atoms with van der Waals surface area (Å²) in [6.07, 6.45) is 4.38. The number of imide groups is 1. The number of ether oxygens (including phenoxy) is 1. The summed E-state index contributed by atoms with van der Waals surface area (Å²) in [5, 5.41) is 14.2. The number of carbonyl (C=O) groups is 3. The van der Waals surface area contributed by atoms with Crippen molar-refractivity contribution in [2.45, 2.75) is 75.7 Å². The van der Waals surface area contributed by atoms with E-state index in [0.29, 0.717) is 29.4 Å². The van der Waals surface area contributed by atoms with Gasteiger partial charge in [0.05, 0.1) is 41.1 Å². The second-order valence-electron chi connectivity index (χ2n) is 15.9. The molecule has 5 aromatic rings. The third-order valence-corrected chi connectivity index (χ3v) is 12.2. The van der Waals surface area contributed by atoms with E-state index >= 15 is 0 Å². The zero-order valence-electron chi connectivity index (χ0n) is 32.9. The van der Waals surface area contributed by atoms with Gasteiger partial charge in [-0.25, -0.2) is 4.79 Å². The van der Waals surface area contributed by atoms with Crippen LogP contribution in [0.15, 0.2) is 47.5 Å². The number of methoxy groups -OCH3 is 1. The van der Waals surface area contributed by atoms with Gasteiger partial charge in [0, 0.05) is 70.0 Å². The van der Waals surface area contributed by atoms with Gasteiger partial charge in [0.2, 0.25) is 11.8 Å². The zero-order chi connectivity index (χ0) is 41.0. The Hall–Kier alpha value is -5.65. The van der Waals surface area contributed by atoms with E-state index in [4.69, 9.17) is 9.84 Å². The molecule has 15 nitrogen and oxygen atoms in total. The summed E-state index contributed by atoms with van der Waals surface area (Å²) in [6.45, 7) is 2.66. The first kappa shape index (κ1) is 39.2. The molecule has 5 heterocycles. The number of imidazole rings is 1. The number of benzene rings is 2. The molecule has 3 aliphatic rings. The van der Waals surface area contributed by atoms with Gasteiger partial charge in [-0.2, -0.15) is 23.4 Å². The number of aryl methyl sites for hydroxylation is 2. The fourth-order valence-electron chi connectivity index (χ4n) is 9.17. The van der Waals surface area contributed by atoms with Crippen LogP contribution >= 0.6 is 0 Å². The van der Waals surface area contributed by atoms with E-state index in [9.17, 15) is 32.3 Å². The Kier molecular flexibility index (Phi) is 10.3. The van der Waals surface area contributed by atoms with Crippen LogP contribution in [0.5, 0.6) is 5.75 Å². The van der Waals surface area contributed by atoms with Crippen molar-refractivity contribution < 1.29 is 32.3 Å². The van der Waals surface area contributed by atoms with Crippen LogP contribution in [-0.2, 0) is 29.9 Å². The van der Waals surface area contributed by atoms with E-state index in [1.807, 2.05) is 29.1 Å². The predicted octanol–water partition coefficient (Wildman–Crippen LogP) is 5.01. The highest BCUT2D eigenvalue weighted by Gasteiger charge is 2.38. The fraction of sp³-hybridized carbons (Fsp3) is 0.500. The second kappa shape index (κ2) is 15.3. The molecule has 1 saturated carbocycles. The minimum absolute atomic E-state index is 0.188. The SMILES string of the molecule is COc1cc2nn(C3CCC(CN(C)C4CCN(c5cccc6c5n(C)c(=O)n6C5CCC(=O)NC5=O)CC4)CC3)cc2cc1NC(=O)c1nn(C)cc1C(F)(F)F.